The van der Waals surface area contributed by atoms with Crippen molar-refractivity contribution in [2.45, 2.75) is 6.42 Å². The lowest BCUT2D eigenvalue weighted by Gasteiger charge is -2.09. The first kappa shape index (κ1) is 24.8. The molecule has 0 spiro atoms. The van der Waals surface area contributed by atoms with E-state index in [0.717, 1.165) is 10.0 Å². The zero-order chi connectivity index (χ0) is 25.3. The number of carbonyl (C=O) groups is 2. The normalized spacial score (nSPS) is 11.0. The summed E-state index contributed by atoms with van der Waals surface area (Å²) >= 11 is 3.43. The molecule has 4 aromatic carbocycles. The molecule has 0 atom stereocenters. The van der Waals surface area contributed by atoms with Gasteiger partial charge in [-0.15, -0.1) is 0 Å². The van der Waals surface area contributed by atoms with E-state index < -0.39 is 11.9 Å². The van der Waals surface area contributed by atoms with E-state index in [2.05, 4.69) is 21.2 Å². The highest BCUT2D eigenvalue weighted by atomic mass is 79.9. The number of aliphatic carboxylic acids is 1. The van der Waals surface area contributed by atoms with Crippen LogP contribution >= 0.6 is 15.9 Å². The molecule has 4 rings (SSSR count). The summed E-state index contributed by atoms with van der Waals surface area (Å²) in [4.78, 5) is 24.2. The molecule has 180 valence electrons. The fourth-order valence-electron chi connectivity index (χ4n) is 3.28. The van der Waals surface area contributed by atoms with Crippen LogP contribution in [0.5, 0.6) is 23.0 Å². The molecule has 0 unspecified atom stereocenters. The van der Waals surface area contributed by atoms with Gasteiger partial charge in [-0.05, 0) is 81.7 Å². The van der Waals surface area contributed by atoms with Gasteiger partial charge in [0.15, 0.2) is 0 Å². The molecule has 0 aliphatic heterocycles. The number of benzene rings is 4. The lowest BCUT2D eigenvalue weighted by atomic mass is 10.1. The smallest absolute Gasteiger partial charge is 0.352 e. The Morgan fingerprint density at radius 3 is 2.00 bits per heavy atom. The van der Waals surface area contributed by atoms with E-state index in [9.17, 15) is 14.7 Å². The third-order valence-corrected chi connectivity index (χ3v) is 5.68. The van der Waals surface area contributed by atoms with Crippen LogP contribution < -0.4 is 14.8 Å². The highest BCUT2D eigenvalue weighted by Gasteiger charge is 2.13. The van der Waals surface area contributed by atoms with Crippen LogP contribution in [0.4, 0.5) is 0 Å². The van der Waals surface area contributed by atoms with Crippen molar-refractivity contribution >= 4 is 33.9 Å². The number of ether oxygens (including phenoxy) is 2. The van der Waals surface area contributed by atoms with Gasteiger partial charge >= 0.3 is 5.97 Å². The fourth-order valence-corrected chi connectivity index (χ4v) is 3.65. The van der Waals surface area contributed by atoms with Gasteiger partial charge < -0.3 is 19.9 Å². The van der Waals surface area contributed by atoms with Gasteiger partial charge in [-0.3, -0.25) is 4.79 Å². The van der Waals surface area contributed by atoms with Crippen molar-refractivity contribution in [3.8, 4) is 23.0 Å². The number of nitrogens with one attached hydrogen (secondary N) is 1. The second-order valence-electron chi connectivity index (χ2n) is 7.75. The van der Waals surface area contributed by atoms with E-state index in [-0.39, 0.29) is 12.1 Å². The molecule has 36 heavy (non-hydrogen) atoms. The van der Waals surface area contributed by atoms with Crippen molar-refractivity contribution in [3.63, 3.8) is 0 Å². The van der Waals surface area contributed by atoms with Crippen molar-refractivity contribution in [1.82, 2.24) is 5.32 Å². The molecule has 1 amide bonds. The first-order valence-electron chi connectivity index (χ1n) is 11.1. The van der Waals surface area contributed by atoms with Crippen molar-refractivity contribution < 1.29 is 24.2 Å². The van der Waals surface area contributed by atoms with Gasteiger partial charge in [0, 0.05) is 0 Å². The van der Waals surface area contributed by atoms with Crippen LogP contribution in [0.25, 0.3) is 6.08 Å². The van der Waals surface area contributed by atoms with E-state index in [4.69, 9.17) is 9.47 Å². The fraction of sp³-hybridized carbons (Fsp3) is 0.0345. The molecule has 2 N–H and O–H groups in total. The summed E-state index contributed by atoms with van der Waals surface area (Å²) in [6.07, 6.45) is 1.42. The minimum atomic E-state index is -1.23. The van der Waals surface area contributed by atoms with Crippen LogP contribution in [0.1, 0.15) is 11.1 Å². The molecule has 0 aromatic heterocycles. The number of carboxylic acids is 1. The Kier molecular flexibility index (Phi) is 8.16. The number of hydrogen-bond donors (Lipinski definition) is 2. The molecule has 0 aliphatic carbocycles. The quantitative estimate of drug-likeness (QED) is 0.226. The van der Waals surface area contributed by atoms with Gasteiger partial charge in [-0.1, -0.05) is 54.6 Å². The van der Waals surface area contributed by atoms with Gasteiger partial charge in [0.1, 0.15) is 28.7 Å². The summed E-state index contributed by atoms with van der Waals surface area (Å²) in [5, 5.41) is 12.1. The third kappa shape index (κ3) is 7.07. The SMILES string of the molecule is O=C(Cc1ccc(Oc2ccccc2)cc1)N/C(=C/c1ccc(Oc2ccccc2Br)cc1)C(=O)O. The van der Waals surface area contributed by atoms with Crippen LogP contribution in [0.15, 0.2) is 113 Å². The van der Waals surface area contributed by atoms with Gasteiger partial charge in [0.25, 0.3) is 0 Å². The number of halogens is 1. The van der Waals surface area contributed by atoms with Gasteiger partial charge in [-0.25, -0.2) is 4.79 Å². The summed E-state index contributed by atoms with van der Waals surface area (Å²) in [6, 6.07) is 30.8. The average Bonchev–Trinajstić information content (AvgIpc) is 2.88. The van der Waals surface area contributed by atoms with Crippen LogP contribution in [-0.2, 0) is 16.0 Å². The van der Waals surface area contributed by atoms with Gasteiger partial charge in [0.05, 0.1) is 10.9 Å². The molecule has 0 aliphatic rings. The standard InChI is InChI=1S/C29H22BrNO5/c30-25-8-4-5-9-27(25)36-24-16-10-20(11-17-24)18-26(29(33)34)31-28(32)19-21-12-14-23(15-13-21)35-22-6-2-1-3-7-22/h1-18H,19H2,(H,31,32)(H,33,34)/b26-18+. The Morgan fingerprint density at radius 1 is 0.750 bits per heavy atom. The molecule has 4 aromatic rings. The van der Waals surface area contributed by atoms with Crippen molar-refractivity contribution in [3.05, 3.63) is 124 Å². The molecule has 0 heterocycles. The Hall–Kier alpha value is -4.36. The van der Waals surface area contributed by atoms with E-state index in [0.29, 0.717) is 28.6 Å². The highest BCUT2D eigenvalue weighted by molar-refractivity contribution is 9.10. The lowest BCUT2D eigenvalue weighted by molar-refractivity contribution is -0.134. The highest BCUT2D eigenvalue weighted by Crippen LogP contribution is 2.29. The van der Waals surface area contributed by atoms with E-state index in [1.54, 1.807) is 48.5 Å². The third-order valence-electron chi connectivity index (χ3n) is 5.03. The van der Waals surface area contributed by atoms with Gasteiger partial charge in [-0.2, -0.15) is 0 Å². The molecular weight excluding hydrogens is 522 g/mol. The molecule has 0 radical (unpaired) electrons. The van der Waals surface area contributed by atoms with Gasteiger partial charge in [0.2, 0.25) is 5.91 Å². The summed E-state index contributed by atoms with van der Waals surface area (Å²) in [5.74, 6) is 0.951. The molecule has 0 saturated heterocycles. The Morgan fingerprint density at radius 2 is 1.33 bits per heavy atom. The molecule has 6 nitrogen and oxygen atoms in total. The predicted octanol–water partition coefficient (Wildman–Crippen LogP) is 6.82. The first-order chi connectivity index (χ1) is 17.5. The Bertz CT molecular complexity index is 1370. The zero-order valence-electron chi connectivity index (χ0n) is 19.1. The van der Waals surface area contributed by atoms with Crippen molar-refractivity contribution in [1.29, 1.82) is 0 Å². The Balaban J connectivity index is 1.37. The topological polar surface area (TPSA) is 84.9 Å². The number of carboxylic acid groups (broad SMARTS) is 1. The molecular formula is C29H22BrNO5. The first-order valence-corrected chi connectivity index (χ1v) is 11.8. The average molecular weight is 544 g/mol. The maximum absolute atomic E-state index is 12.5. The van der Waals surface area contributed by atoms with Crippen molar-refractivity contribution in [2.75, 3.05) is 0 Å². The summed E-state index contributed by atoms with van der Waals surface area (Å²) in [7, 11) is 0. The monoisotopic (exact) mass is 543 g/mol. The van der Waals surface area contributed by atoms with Crippen LogP contribution in [0, 0.1) is 0 Å². The minimum Gasteiger partial charge on any atom is -0.477 e. The second kappa shape index (κ2) is 11.9. The zero-order valence-corrected chi connectivity index (χ0v) is 20.6. The Labute approximate surface area is 216 Å². The molecule has 0 saturated carbocycles. The maximum Gasteiger partial charge on any atom is 0.352 e. The van der Waals surface area contributed by atoms with E-state index in [1.807, 2.05) is 54.6 Å². The largest absolute Gasteiger partial charge is 0.477 e. The van der Waals surface area contributed by atoms with Crippen LogP contribution in [-0.4, -0.2) is 17.0 Å². The van der Waals surface area contributed by atoms with Crippen LogP contribution in [0.3, 0.4) is 0 Å². The van der Waals surface area contributed by atoms with E-state index >= 15 is 0 Å². The second-order valence-corrected chi connectivity index (χ2v) is 8.60. The maximum atomic E-state index is 12.5. The molecule has 7 heteroatoms. The lowest BCUT2D eigenvalue weighted by Crippen LogP contribution is -2.28. The molecule has 0 fully saturated rings. The summed E-state index contributed by atoms with van der Waals surface area (Å²) in [6.45, 7) is 0. The van der Waals surface area contributed by atoms with E-state index in [1.165, 1.54) is 6.08 Å². The number of rotatable bonds is 9. The van der Waals surface area contributed by atoms with Crippen molar-refractivity contribution in [2.24, 2.45) is 0 Å². The minimum absolute atomic E-state index is 0.0228. The van der Waals surface area contributed by atoms with Crippen LogP contribution in [0.2, 0.25) is 0 Å². The summed E-state index contributed by atoms with van der Waals surface area (Å²) < 4.78 is 12.4. The number of carbonyl (C=O) groups excluding carboxylic acids is 1. The number of para-hydroxylation sites is 2. The predicted molar refractivity (Wildman–Crippen MR) is 141 cm³/mol. The summed E-state index contributed by atoms with van der Waals surface area (Å²) in [5.41, 5.74) is 1.12. The number of amides is 1. The number of hydrogen-bond acceptors (Lipinski definition) is 4. The molecule has 0 bridgehead atoms.